The predicted molar refractivity (Wildman–Crippen MR) is 87.4 cm³/mol. The molecule has 0 saturated carbocycles. The van der Waals surface area contributed by atoms with Gasteiger partial charge in [-0.1, -0.05) is 12.1 Å². The van der Waals surface area contributed by atoms with Crippen LogP contribution in [0.4, 0.5) is 5.69 Å². The van der Waals surface area contributed by atoms with Crippen LogP contribution in [0.15, 0.2) is 59.6 Å². The number of aromatic amines is 1. The Kier molecular flexibility index (Phi) is 3.39. The maximum atomic E-state index is 12.5. The molecule has 24 heavy (non-hydrogen) atoms. The Labute approximate surface area is 138 Å². The number of ether oxygens (including phenoxy) is 2. The van der Waals surface area contributed by atoms with Crippen molar-refractivity contribution in [3.63, 3.8) is 0 Å². The van der Waals surface area contributed by atoms with Crippen LogP contribution in [0, 0.1) is 0 Å². The highest BCUT2D eigenvalue weighted by Crippen LogP contribution is 2.34. The Morgan fingerprint density at radius 3 is 2.54 bits per heavy atom. The molecule has 3 aromatic rings. The average Bonchev–Trinajstić information content (AvgIpc) is 3.26. The monoisotopic (exact) mass is 343 g/mol. The van der Waals surface area contributed by atoms with Crippen LogP contribution in [0.2, 0.25) is 0 Å². The molecule has 1 aliphatic rings. The summed E-state index contributed by atoms with van der Waals surface area (Å²) < 4.78 is 37.9. The molecule has 0 fully saturated rings. The van der Waals surface area contributed by atoms with E-state index in [0.717, 1.165) is 11.3 Å². The van der Waals surface area contributed by atoms with Gasteiger partial charge in [0.25, 0.3) is 10.0 Å². The van der Waals surface area contributed by atoms with E-state index in [1.807, 2.05) is 18.2 Å². The van der Waals surface area contributed by atoms with E-state index < -0.39 is 10.0 Å². The number of benzene rings is 2. The number of hydrogen-bond donors (Lipinski definition) is 2. The topological polar surface area (TPSA) is 93.3 Å². The SMILES string of the molecule is O=S(=O)(Nc1ccc(-c2ccn[nH]2)cc1)c1ccc2c(c1)OCO2. The second-order valence-corrected chi connectivity index (χ2v) is 6.85. The van der Waals surface area contributed by atoms with Crippen LogP contribution < -0.4 is 14.2 Å². The largest absolute Gasteiger partial charge is 0.454 e. The highest BCUT2D eigenvalue weighted by atomic mass is 32.2. The van der Waals surface area contributed by atoms with Gasteiger partial charge in [0.1, 0.15) is 0 Å². The van der Waals surface area contributed by atoms with Crippen molar-refractivity contribution in [2.45, 2.75) is 4.90 Å². The smallest absolute Gasteiger partial charge is 0.262 e. The average molecular weight is 343 g/mol. The van der Waals surface area contributed by atoms with E-state index in [4.69, 9.17) is 9.47 Å². The van der Waals surface area contributed by atoms with E-state index >= 15 is 0 Å². The molecule has 122 valence electrons. The van der Waals surface area contributed by atoms with Gasteiger partial charge in [0, 0.05) is 18.0 Å². The van der Waals surface area contributed by atoms with Gasteiger partial charge in [-0.25, -0.2) is 8.42 Å². The third-order valence-corrected chi connectivity index (χ3v) is 4.98. The summed E-state index contributed by atoms with van der Waals surface area (Å²) >= 11 is 0. The van der Waals surface area contributed by atoms with Gasteiger partial charge in [-0.2, -0.15) is 5.10 Å². The van der Waals surface area contributed by atoms with E-state index in [1.165, 1.54) is 12.1 Å². The summed E-state index contributed by atoms with van der Waals surface area (Å²) in [4.78, 5) is 0.115. The molecule has 0 aliphatic carbocycles. The number of H-pyrrole nitrogens is 1. The second-order valence-electron chi connectivity index (χ2n) is 5.17. The first-order valence-corrected chi connectivity index (χ1v) is 8.62. The van der Waals surface area contributed by atoms with Crippen molar-refractivity contribution in [2.24, 2.45) is 0 Å². The fraction of sp³-hybridized carbons (Fsp3) is 0.0625. The molecular formula is C16H13N3O4S. The van der Waals surface area contributed by atoms with E-state index in [2.05, 4.69) is 14.9 Å². The molecule has 0 saturated heterocycles. The first kappa shape index (κ1) is 14.6. The zero-order valence-electron chi connectivity index (χ0n) is 12.4. The van der Waals surface area contributed by atoms with Gasteiger partial charge in [0.05, 0.1) is 10.6 Å². The highest BCUT2D eigenvalue weighted by Gasteiger charge is 2.20. The summed E-state index contributed by atoms with van der Waals surface area (Å²) in [7, 11) is -3.71. The number of aromatic nitrogens is 2. The number of hydrogen-bond acceptors (Lipinski definition) is 5. The molecule has 2 aromatic carbocycles. The molecule has 0 amide bonds. The van der Waals surface area contributed by atoms with Crippen molar-refractivity contribution in [1.29, 1.82) is 0 Å². The number of sulfonamides is 1. The fourth-order valence-corrected chi connectivity index (χ4v) is 3.47. The first-order valence-electron chi connectivity index (χ1n) is 7.14. The van der Waals surface area contributed by atoms with Gasteiger partial charge < -0.3 is 9.47 Å². The second kappa shape index (κ2) is 5.57. The summed E-state index contributed by atoms with van der Waals surface area (Å²) in [6.07, 6.45) is 1.66. The lowest BCUT2D eigenvalue weighted by molar-refractivity contribution is 0.174. The van der Waals surface area contributed by atoms with Crippen molar-refractivity contribution in [1.82, 2.24) is 10.2 Å². The predicted octanol–water partition coefficient (Wildman–Crippen LogP) is 2.61. The molecule has 0 unspecified atom stereocenters. The quantitative estimate of drug-likeness (QED) is 0.759. The Hall–Kier alpha value is -3.00. The van der Waals surface area contributed by atoms with Crippen LogP contribution >= 0.6 is 0 Å². The third kappa shape index (κ3) is 2.67. The standard InChI is InChI=1S/C16H13N3O4S/c20-24(21,13-5-6-15-16(9-13)23-10-22-15)19-12-3-1-11(2-4-12)14-7-8-17-18-14/h1-9,19H,10H2,(H,17,18). The molecule has 7 nitrogen and oxygen atoms in total. The lowest BCUT2D eigenvalue weighted by atomic mass is 10.1. The minimum atomic E-state index is -3.71. The van der Waals surface area contributed by atoms with Gasteiger partial charge >= 0.3 is 0 Å². The van der Waals surface area contributed by atoms with E-state index in [1.54, 1.807) is 24.4 Å². The third-order valence-electron chi connectivity index (χ3n) is 3.60. The zero-order valence-corrected chi connectivity index (χ0v) is 13.2. The van der Waals surface area contributed by atoms with Crippen LogP contribution in [0.1, 0.15) is 0 Å². The Morgan fingerprint density at radius 2 is 1.79 bits per heavy atom. The number of rotatable bonds is 4. The minimum Gasteiger partial charge on any atom is -0.454 e. The minimum absolute atomic E-state index is 0.0985. The fourth-order valence-electron chi connectivity index (χ4n) is 2.39. The molecule has 0 radical (unpaired) electrons. The Bertz CT molecular complexity index is 967. The van der Waals surface area contributed by atoms with Crippen molar-refractivity contribution in [3.8, 4) is 22.8 Å². The van der Waals surface area contributed by atoms with Crippen molar-refractivity contribution in [3.05, 3.63) is 54.7 Å². The first-order chi connectivity index (χ1) is 11.6. The molecule has 0 atom stereocenters. The summed E-state index contributed by atoms with van der Waals surface area (Å²) in [6.45, 7) is 0.0985. The molecule has 0 spiro atoms. The van der Waals surface area contributed by atoms with E-state index in [-0.39, 0.29) is 11.7 Å². The summed E-state index contributed by atoms with van der Waals surface area (Å²) in [5.74, 6) is 0.963. The van der Waals surface area contributed by atoms with Gasteiger partial charge in [-0.3, -0.25) is 9.82 Å². The summed E-state index contributed by atoms with van der Waals surface area (Å²) in [6, 6.07) is 13.4. The Balaban J connectivity index is 1.57. The van der Waals surface area contributed by atoms with Crippen LogP contribution in [-0.4, -0.2) is 25.4 Å². The van der Waals surface area contributed by atoms with Crippen molar-refractivity contribution in [2.75, 3.05) is 11.5 Å². The molecule has 4 rings (SSSR count). The van der Waals surface area contributed by atoms with Crippen LogP contribution in [0.5, 0.6) is 11.5 Å². The van der Waals surface area contributed by atoms with Crippen LogP contribution in [-0.2, 0) is 10.0 Å². The lowest BCUT2D eigenvalue weighted by Gasteiger charge is -2.09. The van der Waals surface area contributed by atoms with Crippen molar-refractivity contribution < 1.29 is 17.9 Å². The molecule has 8 heteroatoms. The Morgan fingerprint density at radius 1 is 1.00 bits per heavy atom. The lowest BCUT2D eigenvalue weighted by Crippen LogP contribution is -2.12. The summed E-state index contributed by atoms with van der Waals surface area (Å²) in [5.41, 5.74) is 2.25. The maximum Gasteiger partial charge on any atom is 0.262 e. The maximum absolute atomic E-state index is 12.5. The molecule has 2 heterocycles. The van der Waals surface area contributed by atoms with Gasteiger partial charge in [0.15, 0.2) is 11.5 Å². The molecule has 1 aliphatic heterocycles. The van der Waals surface area contributed by atoms with Gasteiger partial charge in [0.2, 0.25) is 6.79 Å². The number of anilines is 1. The number of nitrogens with zero attached hydrogens (tertiary/aromatic N) is 1. The molecule has 0 bridgehead atoms. The van der Waals surface area contributed by atoms with Crippen molar-refractivity contribution >= 4 is 15.7 Å². The molecule has 1 aromatic heterocycles. The van der Waals surface area contributed by atoms with E-state index in [9.17, 15) is 8.42 Å². The molecular weight excluding hydrogens is 330 g/mol. The number of fused-ring (bicyclic) bond motifs is 1. The van der Waals surface area contributed by atoms with Crippen LogP contribution in [0.25, 0.3) is 11.3 Å². The number of nitrogens with one attached hydrogen (secondary N) is 2. The van der Waals surface area contributed by atoms with E-state index in [0.29, 0.717) is 17.2 Å². The zero-order chi connectivity index (χ0) is 16.6. The molecule has 2 N–H and O–H groups in total. The summed E-state index contributed by atoms with van der Waals surface area (Å²) in [5, 5.41) is 6.75. The normalized spacial score (nSPS) is 13.0. The highest BCUT2D eigenvalue weighted by molar-refractivity contribution is 7.92. The van der Waals surface area contributed by atoms with Crippen LogP contribution in [0.3, 0.4) is 0 Å². The van der Waals surface area contributed by atoms with Gasteiger partial charge in [-0.15, -0.1) is 0 Å². The van der Waals surface area contributed by atoms with Gasteiger partial charge in [-0.05, 0) is 35.9 Å².